The summed E-state index contributed by atoms with van der Waals surface area (Å²) in [5.41, 5.74) is 0. The zero-order valence-electron chi connectivity index (χ0n) is 7.03. The van der Waals surface area contributed by atoms with Crippen molar-refractivity contribution < 1.29 is 14.9 Å². The summed E-state index contributed by atoms with van der Waals surface area (Å²) in [5, 5.41) is 18.0. The highest BCUT2D eigenvalue weighted by molar-refractivity contribution is 4.77. The maximum absolute atomic E-state index is 9.21. The summed E-state index contributed by atoms with van der Waals surface area (Å²) < 4.78 is 5.22. The van der Waals surface area contributed by atoms with Gasteiger partial charge in [0.15, 0.2) is 6.29 Å². The third kappa shape index (κ3) is 1.92. The van der Waals surface area contributed by atoms with Crippen molar-refractivity contribution in [3.05, 3.63) is 0 Å². The predicted octanol–water partition coefficient (Wildman–Crippen LogP) is 0.358. The Morgan fingerprint density at radius 3 is 2.64 bits per heavy atom. The highest BCUT2D eigenvalue weighted by Crippen LogP contribution is 2.28. The highest BCUT2D eigenvalue weighted by atomic mass is 16.6. The van der Waals surface area contributed by atoms with E-state index in [4.69, 9.17) is 9.84 Å². The van der Waals surface area contributed by atoms with Gasteiger partial charge in [-0.25, -0.2) is 0 Å². The molecule has 0 aromatic rings. The zero-order chi connectivity index (χ0) is 8.43. The Morgan fingerprint density at radius 1 is 1.64 bits per heavy atom. The predicted molar refractivity (Wildman–Crippen MR) is 40.9 cm³/mol. The maximum Gasteiger partial charge on any atom is 0.157 e. The van der Waals surface area contributed by atoms with E-state index < -0.39 is 6.29 Å². The standard InChI is InChI=1S/C8H16O3/c1-5-3-7(6(2)4-9)11-8(5)10/h5-10H,3-4H2,1-2H3/t5?,6-,7?,8?/m0/s1. The topological polar surface area (TPSA) is 49.7 Å². The average Bonchev–Trinajstić information content (AvgIpc) is 2.31. The van der Waals surface area contributed by atoms with E-state index in [1.165, 1.54) is 0 Å². The van der Waals surface area contributed by atoms with Crippen LogP contribution in [0.3, 0.4) is 0 Å². The van der Waals surface area contributed by atoms with Crippen LogP contribution in [0.5, 0.6) is 0 Å². The van der Waals surface area contributed by atoms with Crippen LogP contribution in [0.1, 0.15) is 20.3 Å². The van der Waals surface area contributed by atoms with Crippen LogP contribution in [-0.2, 0) is 4.74 Å². The lowest BCUT2D eigenvalue weighted by molar-refractivity contribution is -0.119. The Balaban J connectivity index is 2.40. The second-order valence-electron chi connectivity index (χ2n) is 3.44. The molecule has 3 nitrogen and oxygen atoms in total. The fourth-order valence-electron chi connectivity index (χ4n) is 1.34. The molecule has 0 aromatic carbocycles. The van der Waals surface area contributed by atoms with Crippen LogP contribution in [0.2, 0.25) is 0 Å². The minimum Gasteiger partial charge on any atom is -0.396 e. The molecule has 3 heteroatoms. The largest absolute Gasteiger partial charge is 0.396 e. The summed E-state index contributed by atoms with van der Waals surface area (Å²) in [6.07, 6.45) is 0.252. The van der Waals surface area contributed by atoms with E-state index in [9.17, 15) is 5.11 Å². The van der Waals surface area contributed by atoms with Gasteiger partial charge in [-0.2, -0.15) is 0 Å². The summed E-state index contributed by atoms with van der Waals surface area (Å²) in [7, 11) is 0. The van der Waals surface area contributed by atoms with E-state index >= 15 is 0 Å². The number of hydrogen-bond donors (Lipinski definition) is 2. The van der Waals surface area contributed by atoms with Crippen molar-refractivity contribution in [3.8, 4) is 0 Å². The van der Waals surface area contributed by atoms with Crippen molar-refractivity contribution in [3.63, 3.8) is 0 Å². The SMILES string of the molecule is CC1CC([C@@H](C)CO)OC1O. The summed E-state index contributed by atoms with van der Waals surface area (Å²) in [5.74, 6) is 0.337. The van der Waals surface area contributed by atoms with Crippen LogP contribution in [-0.4, -0.2) is 29.2 Å². The Hall–Kier alpha value is -0.120. The maximum atomic E-state index is 9.21. The van der Waals surface area contributed by atoms with Gasteiger partial charge >= 0.3 is 0 Å². The second-order valence-corrected chi connectivity index (χ2v) is 3.44. The molecule has 1 aliphatic rings. The van der Waals surface area contributed by atoms with Gasteiger partial charge in [0.2, 0.25) is 0 Å². The fourth-order valence-corrected chi connectivity index (χ4v) is 1.34. The lowest BCUT2D eigenvalue weighted by Crippen LogP contribution is -2.21. The lowest BCUT2D eigenvalue weighted by atomic mass is 9.99. The third-order valence-electron chi connectivity index (χ3n) is 2.33. The van der Waals surface area contributed by atoms with Crippen molar-refractivity contribution >= 4 is 0 Å². The first-order valence-corrected chi connectivity index (χ1v) is 4.09. The zero-order valence-corrected chi connectivity index (χ0v) is 7.03. The monoisotopic (exact) mass is 160 g/mol. The van der Waals surface area contributed by atoms with Gasteiger partial charge in [0.25, 0.3) is 0 Å². The molecule has 1 rings (SSSR count). The molecule has 1 heterocycles. The van der Waals surface area contributed by atoms with E-state index in [0.29, 0.717) is 0 Å². The number of hydrogen-bond acceptors (Lipinski definition) is 3. The molecule has 0 spiro atoms. The molecule has 0 radical (unpaired) electrons. The van der Waals surface area contributed by atoms with Gasteiger partial charge in [-0.15, -0.1) is 0 Å². The number of aliphatic hydroxyl groups is 2. The molecule has 4 atom stereocenters. The number of aliphatic hydroxyl groups excluding tert-OH is 2. The van der Waals surface area contributed by atoms with Gasteiger partial charge in [0, 0.05) is 18.4 Å². The molecule has 2 N–H and O–H groups in total. The van der Waals surface area contributed by atoms with Crippen LogP contribution >= 0.6 is 0 Å². The van der Waals surface area contributed by atoms with E-state index in [0.717, 1.165) is 6.42 Å². The highest BCUT2D eigenvalue weighted by Gasteiger charge is 2.33. The Bertz CT molecular complexity index is 117. The average molecular weight is 160 g/mol. The van der Waals surface area contributed by atoms with Crippen molar-refractivity contribution in [2.24, 2.45) is 11.8 Å². The Labute approximate surface area is 67.0 Å². The van der Waals surface area contributed by atoms with Crippen molar-refractivity contribution in [2.75, 3.05) is 6.61 Å². The lowest BCUT2D eigenvalue weighted by Gasteiger charge is -2.15. The molecule has 66 valence electrons. The third-order valence-corrected chi connectivity index (χ3v) is 2.33. The molecule has 0 saturated carbocycles. The van der Waals surface area contributed by atoms with E-state index in [2.05, 4.69) is 0 Å². The molecular weight excluding hydrogens is 144 g/mol. The molecule has 0 amide bonds. The summed E-state index contributed by atoms with van der Waals surface area (Å²) in [6.45, 7) is 4.01. The van der Waals surface area contributed by atoms with Crippen LogP contribution in [0.15, 0.2) is 0 Å². The number of rotatable bonds is 2. The summed E-state index contributed by atoms with van der Waals surface area (Å²) >= 11 is 0. The Morgan fingerprint density at radius 2 is 2.27 bits per heavy atom. The van der Waals surface area contributed by atoms with Crippen molar-refractivity contribution in [1.29, 1.82) is 0 Å². The molecular formula is C8H16O3. The van der Waals surface area contributed by atoms with E-state index in [-0.39, 0.29) is 24.5 Å². The van der Waals surface area contributed by atoms with Gasteiger partial charge in [0.05, 0.1) is 6.10 Å². The van der Waals surface area contributed by atoms with E-state index in [1.807, 2.05) is 13.8 Å². The molecule has 11 heavy (non-hydrogen) atoms. The fraction of sp³-hybridized carbons (Fsp3) is 1.00. The van der Waals surface area contributed by atoms with Crippen molar-refractivity contribution in [1.82, 2.24) is 0 Å². The first-order valence-electron chi connectivity index (χ1n) is 4.09. The molecule has 0 bridgehead atoms. The molecule has 3 unspecified atom stereocenters. The van der Waals surface area contributed by atoms with Gasteiger partial charge in [0.1, 0.15) is 0 Å². The first-order chi connectivity index (χ1) is 5.15. The quantitative estimate of drug-likeness (QED) is 0.613. The summed E-state index contributed by atoms with van der Waals surface area (Å²) in [4.78, 5) is 0. The van der Waals surface area contributed by atoms with Crippen LogP contribution in [0.25, 0.3) is 0 Å². The molecule has 1 fully saturated rings. The summed E-state index contributed by atoms with van der Waals surface area (Å²) in [6, 6.07) is 0. The van der Waals surface area contributed by atoms with Gasteiger partial charge in [-0.05, 0) is 6.42 Å². The van der Waals surface area contributed by atoms with Crippen LogP contribution in [0, 0.1) is 11.8 Å². The normalized spacial score (nSPS) is 40.9. The van der Waals surface area contributed by atoms with Crippen LogP contribution < -0.4 is 0 Å². The van der Waals surface area contributed by atoms with Crippen molar-refractivity contribution in [2.45, 2.75) is 32.7 Å². The second kappa shape index (κ2) is 3.52. The minimum atomic E-state index is -0.631. The van der Waals surface area contributed by atoms with E-state index in [1.54, 1.807) is 0 Å². The first kappa shape index (κ1) is 8.97. The molecule has 1 aliphatic heterocycles. The smallest absolute Gasteiger partial charge is 0.157 e. The molecule has 1 saturated heterocycles. The number of ether oxygens (including phenoxy) is 1. The molecule has 0 aliphatic carbocycles. The van der Waals surface area contributed by atoms with Gasteiger partial charge in [-0.3, -0.25) is 0 Å². The minimum absolute atomic E-state index is 0.0324. The Kier molecular flexibility index (Phi) is 2.87. The van der Waals surface area contributed by atoms with Gasteiger partial charge in [-0.1, -0.05) is 13.8 Å². The molecule has 0 aromatic heterocycles. The van der Waals surface area contributed by atoms with Crippen LogP contribution in [0.4, 0.5) is 0 Å². The van der Waals surface area contributed by atoms with Gasteiger partial charge < -0.3 is 14.9 Å².